The van der Waals surface area contributed by atoms with E-state index in [1.54, 1.807) is 0 Å². The smallest absolute Gasteiger partial charge is 0.253 e. The molecule has 1 aliphatic heterocycles. The molecule has 0 saturated carbocycles. The summed E-state index contributed by atoms with van der Waals surface area (Å²) in [5.74, 6) is -0.430. The van der Waals surface area contributed by atoms with Crippen LogP contribution in [0, 0.1) is 0 Å². The lowest BCUT2D eigenvalue weighted by atomic mass is 10.1. The van der Waals surface area contributed by atoms with Crippen molar-refractivity contribution in [3.05, 3.63) is 47.5 Å². The third-order valence-corrected chi connectivity index (χ3v) is 4.51. The summed E-state index contributed by atoms with van der Waals surface area (Å²) in [6, 6.07) is 9.15. The molecule has 0 aliphatic carbocycles. The van der Waals surface area contributed by atoms with E-state index in [-0.39, 0.29) is 11.8 Å². The lowest BCUT2D eigenvalue weighted by Crippen LogP contribution is -2.31. The normalized spacial score (nSPS) is 15.4. The molecule has 0 bridgehead atoms. The second-order valence-corrected chi connectivity index (χ2v) is 11.6. The Morgan fingerprint density at radius 3 is 2.00 bits per heavy atom. The van der Waals surface area contributed by atoms with Crippen molar-refractivity contribution in [3.63, 3.8) is 0 Å². The topological polar surface area (TPSA) is 37.4 Å². The molecule has 0 aromatic heterocycles. The second-order valence-electron chi connectivity index (χ2n) is 6.10. The number of amides is 2. The molecular formula is C15H19NO2Si. The minimum absolute atomic E-state index is 0.215. The first-order valence-corrected chi connectivity index (χ1v) is 10.2. The van der Waals surface area contributed by atoms with Gasteiger partial charge in [0, 0.05) is 20.2 Å². The fraction of sp³-hybridized carbons (Fsp3) is 0.333. The molecule has 1 aliphatic rings. The standard InChI is InChI=1S/C15H19NO2Si/c1-19(2,3)11-13-7-5-4-6-12(13)10-16-14(17)8-9-15(16)18/h4-9H,10-11H2,1-3H3. The Balaban J connectivity index is 2.21. The van der Waals surface area contributed by atoms with Gasteiger partial charge in [0.25, 0.3) is 11.8 Å². The van der Waals surface area contributed by atoms with E-state index in [0.717, 1.165) is 11.6 Å². The van der Waals surface area contributed by atoms with Gasteiger partial charge in [0.1, 0.15) is 0 Å². The molecule has 0 N–H and O–H groups in total. The number of hydrogen-bond donors (Lipinski definition) is 0. The van der Waals surface area contributed by atoms with Gasteiger partial charge >= 0.3 is 0 Å². The van der Waals surface area contributed by atoms with E-state index in [1.807, 2.05) is 18.2 Å². The van der Waals surface area contributed by atoms with Crippen LogP contribution in [-0.4, -0.2) is 24.8 Å². The van der Waals surface area contributed by atoms with Gasteiger partial charge < -0.3 is 0 Å². The van der Waals surface area contributed by atoms with Gasteiger partial charge in [-0.15, -0.1) is 0 Å². The van der Waals surface area contributed by atoms with Crippen LogP contribution < -0.4 is 0 Å². The van der Waals surface area contributed by atoms with Gasteiger partial charge in [0.05, 0.1) is 6.54 Å². The van der Waals surface area contributed by atoms with Gasteiger partial charge in [0.2, 0.25) is 0 Å². The zero-order valence-electron chi connectivity index (χ0n) is 11.6. The first-order valence-electron chi connectivity index (χ1n) is 6.47. The Morgan fingerprint density at radius 2 is 1.47 bits per heavy atom. The van der Waals surface area contributed by atoms with E-state index in [4.69, 9.17) is 0 Å². The highest BCUT2D eigenvalue weighted by molar-refractivity contribution is 6.75. The van der Waals surface area contributed by atoms with Gasteiger partial charge in [-0.3, -0.25) is 14.5 Å². The summed E-state index contributed by atoms with van der Waals surface area (Å²) < 4.78 is 0. The predicted octanol–water partition coefficient (Wildman–Crippen LogP) is 2.53. The number of carbonyl (C=O) groups excluding carboxylic acids is 2. The molecule has 1 heterocycles. The van der Waals surface area contributed by atoms with Crippen molar-refractivity contribution in [1.29, 1.82) is 0 Å². The van der Waals surface area contributed by atoms with E-state index < -0.39 is 8.07 Å². The lowest BCUT2D eigenvalue weighted by molar-refractivity contribution is -0.137. The van der Waals surface area contributed by atoms with Crippen molar-refractivity contribution in [2.24, 2.45) is 0 Å². The Kier molecular flexibility index (Phi) is 3.71. The Labute approximate surface area is 114 Å². The van der Waals surface area contributed by atoms with E-state index in [1.165, 1.54) is 22.6 Å². The average molecular weight is 273 g/mol. The van der Waals surface area contributed by atoms with Gasteiger partial charge in [0.15, 0.2) is 0 Å². The maximum atomic E-state index is 11.6. The molecule has 0 unspecified atom stereocenters. The quantitative estimate of drug-likeness (QED) is 0.624. The zero-order valence-corrected chi connectivity index (χ0v) is 12.6. The third kappa shape index (κ3) is 3.41. The number of rotatable bonds is 4. The maximum absolute atomic E-state index is 11.6. The largest absolute Gasteiger partial charge is 0.271 e. The van der Waals surface area contributed by atoms with Crippen molar-refractivity contribution >= 4 is 19.9 Å². The van der Waals surface area contributed by atoms with Crippen LogP contribution in [0.25, 0.3) is 0 Å². The Morgan fingerprint density at radius 1 is 0.947 bits per heavy atom. The fourth-order valence-corrected chi connectivity index (χ4v) is 3.70. The molecule has 19 heavy (non-hydrogen) atoms. The van der Waals surface area contributed by atoms with E-state index in [0.29, 0.717) is 6.54 Å². The van der Waals surface area contributed by atoms with Crippen molar-refractivity contribution in [3.8, 4) is 0 Å². The summed E-state index contributed by atoms with van der Waals surface area (Å²) >= 11 is 0. The van der Waals surface area contributed by atoms with Crippen LogP contribution in [0.1, 0.15) is 11.1 Å². The molecular weight excluding hydrogens is 254 g/mol. The minimum atomic E-state index is -1.22. The van der Waals surface area contributed by atoms with Crippen molar-refractivity contribution < 1.29 is 9.59 Å². The highest BCUT2D eigenvalue weighted by Gasteiger charge is 2.24. The summed E-state index contributed by atoms with van der Waals surface area (Å²) in [5, 5.41) is 0. The Hall–Kier alpha value is -1.68. The van der Waals surface area contributed by atoms with E-state index in [2.05, 4.69) is 25.7 Å². The molecule has 2 rings (SSSR count). The van der Waals surface area contributed by atoms with Gasteiger partial charge in [-0.25, -0.2) is 0 Å². The molecule has 4 heteroatoms. The van der Waals surface area contributed by atoms with Crippen LogP contribution in [0.3, 0.4) is 0 Å². The van der Waals surface area contributed by atoms with Crippen LogP contribution in [0.2, 0.25) is 19.6 Å². The second kappa shape index (κ2) is 5.13. The number of benzene rings is 1. The highest BCUT2D eigenvalue weighted by Crippen LogP contribution is 2.19. The number of carbonyl (C=O) groups is 2. The number of imide groups is 1. The van der Waals surface area contributed by atoms with Crippen molar-refractivity contribution in [2.75, 3.05) is 0 Å². The molecule has 0 spiro atoms. The lowest BCUT2D eigenvalue weighted by Gasteiger charge is -2.21. The van der Waals surface area contributed by atoms with E-state index in [9.17, 15) is 9.59 Å². The number of hydrogen-bond acceptors (Lipinski definition) is 2. The molecule has 2 amide bonds. The molecule has 0 fully saturated rings. The third-order valence-electron chi connectivity index (χ3n) is 3.07. The summed E-state index contributed by atoms with van der Waals surface area (Å²) in [6.07, 6.45) is 2.67. The molecule has 1 aromatic rings. The summed E-state index contributed by atoms with van der Waals surface area (Å²) in [5.41, 5.74) is 2.34. The number of nitrogens with zero attached hydrogens (tertiary/aromatic N) is 1. The van der Waals surface area contributed by atoms with Crippen LogP contribution in [-0.2, 0) is 22.2 Å². The molecule has 0 saturated heterocycles. The minimum Gasteiger partial charge on any atom is -0.271 e. The predicted molar refractivity (Wildman–Crippen MR) is 78.2 cm³/mol. The first-order chi connectivity index (χ1) is 8.87. The van der Waals surface area contributed by atoms with Crippen molar-refractivity contribution in [1.82, 2.24) is 4.90 Å². The van der Waals surface area contributed by atoms with Crippen molar-refractivity contribution in [2.45, 2.75) is 32.2 Å². The van der Waals surface area contributed by atoms with Gasteiger partial charge in [-0.1, -0.05) is 43.9 Å². The summed E-state index contributed by atoms with van der Waals surface area (Å²) in [7, 11) is -1.22. The zero-order chi connectivity index (χ0) is 14.0. The monoisotopic (exact) mass is 273 g/mol. The maximum Gasteiger partial charge on any atom is 0.253 e. The molecule has 3 nitrogen and oxygen atoms in total. The van der Waals surface area contributed by atoms with Crippen LogP contribution in [0.4, 0.5) is 0 Å². The first kappa shape index (κ1) is 13.7. The fourth-order valence-electron chi connectivity index (χ4n) is 2.21. The highest BCUT2D eigenvalue weighted by atomic mass is 28.3. The summed E-state index contributed by atoms with van der Waals surface area (Å²) in [6.45, 7) is 7.33. The Bertz CT molecular complexity index is 525. The molecule has 0 atom stereocenters. The molecule has 0 radical (unpaired) electrons. The average Bonchev–Trinajstić information content (AvgIpc) is 2.61. The van der Waals surface area contributed by atoms with Crippen LogP contribution in [0.15, 0.2) is 36.4 Å². The molecule has 100 valence electrons. The van der Waals surface area contributed by atoms with Crippen LogP contribution >= 0.6 is 0 Å². The van der Waals surface area contributed by atoms with Gasteiger partial charge in [-0.2, -0.15) is 0 Å². The SMILES string of the molecule is C[Si](C)(C)Cc1ccccc1CN1C(=O)C=CC1=O. The molecule has 1 aromatic carbocycles. The van der Waals surface area contributed by atoms with Crippen LogP contribution in [0.5, 0.6) is 0 Å². The van der Waals surface area contributed by atoms with Gasteiger partial charge in [-0.05, 0) is 17.2 Å². The summed E-state index contributed by atoms with van der Waals surface area (Å²) in [4.78, 5) is 24.5. The van der Waals surface area contributed by atoms with E-state index >= 15 is 0 Å².